The zero-order valence-electron chi connectivity index (χ0n) is 11.4. The van der Waals surface area contributed by atoms with Gasteiger partial charge in [0.05, 0.1) is 4.90 Å². The Bertz CT molecular complexity index is 559. The van der Waals surface area contributed by atoms with Gasteiger partial charge < -0.3 is 5.32 Å². The van der Waals surface area contributed by atoms with E-state index in [2.05, 4.69) is 26.1 Å². The summed E-state index contributed by atoms with van der Waals surface area (Å²) in [5.41, 5.74) is 0.427. The third kappa shape index (κ3) is 5.40. The topological polar surface area (TPSA) is 89.3 Å². The maximum Gasteiger partial charge on any atom is 0.251 e. The fraction of sp³-hybridized carbons (Fsp3) is 0.462. The standard InChI is InChI=1S/C13H20N2O3S/c1-13(2,3)7-8-15-12(16)10-5-4-6-11(9-10)19(14,17)18/h4-6,9H,7-8H2,1-3H3,(H,15,16)(H2,14,17,18). The maximum absolute atomic E-state index is 11.9. The zero-order valence-corrected chi connectivity index (χ0v) is 12.3. The lowest BCUT2D eigenvalue weighted by molar-refractivity contribution is 0.0949. The SMILES string of the molecule is CC(C)(C)CCNC(=O)c1cccc(S(N)(=O)=O)c1. The molecule has 3 N–H and O–H groups in total. The van der Waals surface area contributed by atoms with Gasteiger partial charge in [-0.2, -0.15) is 0 Å². The van der Waals surface area contributed by atoms with Crippen molar-refractivity contribution in [2.24, 2.45) is 10.6 Å². The number of hydrogen-bond acceptors (Lipinski definition) is 3. The first-order valence-electron chi connectivity index (χ1n) is 6.01. The number of nitrogens with two attached hydrogens (primary N) is 1. The Kier molecular flexibility index (Phi) is 4.70. The highest BCUT2D eigenvalue weighted by atomic mass is 32.2. The molecule has 19 heavy (non-hydrogen) atoms. The fourth-order valence-corrected chi connectivity index (χ4v) is 2.03. The van der Waals surface area contributed by atoms with E-state index in [1.54, 1.807) is 6.07 Å². The molecule has 0 unspecified atom stereocenters. The fourth-order valence-electron chi connectivity index (χ4n) is 1.47. The van der Waals surface area contributed by atoms with Crippen LogP contribution in [-0.4, -0.2) is 20.9 Å². The summed E-state index contributed by atoms with van der Waals surface area (Å²) in [4.78, 5) is 11.8. The summed E-state index contributed by atoms with van der Waals surface area (Å²) in [5, 5.41) is 7.78. The summed E-state index contributed by atoms with van der Waals surface area (Å²) >= 11 is 0. The van der Waals surface area contributed by atoms with E-state index in [4.69, 9.17) is 5.14 Å². The van der Waals surface area contributed by atoms with Crippen molar-refractivity contribution in [2.45, 2.75) is 32.1 Å². The minimum Gasteiger partial charge on any atom is -0.352 e. The lowest BCUT2D eigenvalue weighted by Crippen LogP contribution is -2.27. The third-order valence-corrected chi connectivity index (χ3v) is 3.50. The summed E-state index contributed by atoms with van der Waals surface area (Å²) < 4.78 is 22.4. The molecular weight excluding hydrogens is 264 g/mol. The Balaban J connectivity index is 2.73. The molecule has 5 nitrogen and oxygen atoms in total. The van der Waals surface area contributed by atoms with E-state index in [9.17, 15) is 13.2 Å². The quantitative estimate of drug-likeness (QED) is 0.878. The average Bonchev–Trinajstić information content (AvgIpc) is 2.26. The van der Waals surface area contributed by atoms with Crippen molar-refractivity contribution in [2.75, 3.05) is 6.54 Å². The molecule has 0 aliphatic carbocycles. The van der Waals surface area contributed by atoms with Crippen LogP contribution in [0.25, 0.3) is 0 Å². The van der Waals surface area contributed by atoms with Crippen LogP contribution in [0, 0.1) is 5.41 Å². The smallest absolute Gasteiger partial charge is 0.251 e. The van der Waals surface area contributed by atoms with Gasteiger partial charge in [0.25, 0.3) is 5.91 Å². The van der Waals surface area contributed by atoms with Crippen molar-refractivity contribution in [3.05, 3.63) is 29.8 Å². The third-order valence-electron chi connectivity index (χ3n) is 2.59. The van der Waals surface area contributed by atoms with E-state index in [0.29, 0.717) is 12.1 Å². The predicted molar refractivity (Wildman–Crippen MR) is 74.2 cm³/mol. The predicted octanol–water partition coefficient (Wildman–Crippen LogP) is 1.50. The molecule has 0 atom stereocenters. The van der Waals surface area contributed by atoms with E-state index in [-0.39, 0.29) is 16.2 Å². The zero-order chi connectivity index (χ0) is 14.7. The summed E-state index contributed by atoms with van der Waals surface area (Å²) in [7, 11) is -3.78. The second kappa shape index (κ2) is 5.71. The van der Waals surface area contributed by atoms with Gasteiger partial charge in [0.15, 0.2) is 0 Å². The minimum atomic E-state index is -3.78. The highest BCUT2D eigenvalue weighted by molar-refractivity contribution is 7.89. The average molecular weight is 284 g/mol. The molecule has 0 radical (unpaired) electrons. The molecule has 1 aromatic carbocycles. The first-order valence-corrected chi connectivity index (χ1v) is 7.55. The summed E-state index contributed by atoms with van der Waals surface area (Å²) in [6.07, 6.45) is 0.841. The minimum absolute atomic E-state index is 0.0593. The van der Waals surface area contributed by atoms with Crippen molar-refractivity contribution in [1.29, 1.82) is 0 Å². The molecule has 0 saturated carbocycles. The van der Waals surface area contributed by atoms with Gasteiger partial charge >= 0.3 is 0 Å². The van der Waals surface area contributed by atoms with Crippen molar-refractivity contribution in [1.82, 2.24) is 5.32 Å². The van der Waals surface area contributed by atoms with Gasteiger partial charge in [0.1, 0.15) is 0 Å². The van der Waals surface area contributed by atoms with Crippen LogP contribution >= 0.6 is 0 Å². The van der Waals surface area contributed by atoms with E-state index < -0.39 is 10.0 Å². The molecule has 0 fully saturated rings. The largest absolute Gasteiger partial charge is 0.352 e. The van der Waals surface area contributed by atoms with Crippen LogP contribution in [0.3, 0.4) is 0 Å². The Morgan fingerprint density at radius 1 is 1.32 bits per heavy atom. The lowest BCUT2D eigenvalue weighted by atomic mass is 9.92. The Morgan fingerprint density at radius 2 is 1.95 bits per heavy atom. The Hall–Kier alpha value is -1.40. The van der Waals surface area contributed by atoms with E-state index in [0.717, 1.165) is 6.42 Å². The van der Waals surface area contributed by atoms with Gasteiger partial charge in [0.2, 0.25) is 10.0 Å². The summed E-state index contributed by atoms with van der Waals surface area (Å²) in [6.45, 7) is 6.80. The second-order valence-electron chi connectivity index (χ2n) is 5.64. The number of benzene rings is 1. The first-order chi connectivity index (χ1) is 8.59. The molecule has 0 heterocycles. The molecule has 6 heteroatoms. The number of primary sulfonamides is 1. The summed E-state index contributed by atoms with van der Waals surface area (Å²) in [5.74, 6) is -0.297. The van der Waals surface area contributed by atoms with Crippen LogP contribution in [0.15, 0.2) is 29.2 Å². The van der Waals surface area contributed by atoms with E-state index in [1.165, 1.54) is 18.2 Å². The van der Waals surface area contributed by atoms with Gasteiger partial charge in [-0.3, -0.25) is 4.79 Å². The molecule has 0 aliphatic heterocycles. The summed E-state index contributed by atoms with van der Waals surface area (Å²) in [6, 6.07) is 5.70. The van der Waals surface area contributed by atoms with Crippen LogP contribution in [0.5, 0.6) is 0 Å². The number of hydrogen-bond donors (Lipinski definition) is 2. The molecule has 106 valence electrons. The molecule has 1 amide bonds. The molecule has 1 rings (SSSR count). The number of rotatable bonds is 4. The molecule has 0 saturated heterocycles. The van der Waals surface area contributed by atoms with Gasteiger partial charge in [-0.25, -0.2) is 13.6 Å². The number of nitrogens with one attached hydrogen (secondary N) is 1. The normalized spacial score (nSPS) is 12.2. The molecule has 0 spiro atoms. The van der Waals surface area contributed by atoms with Crippen molar-refractivity contribution in [3.8, 4) is 0 Å². The highest BCUT2D eigenvalue weighted by Crippen LogP contribution is 2.17. The van der Waals surface area contributed by atoms with Crippen LogP contribution < -0.4 is 10.5 Å². The number of amides is 1. The molecular formula is C13H20N2O3S. The number of carbonyl (C=O) groups is 1. The number of sulfonamides is 1. The van der Waals surface area contributed by atoms with E-state index in [1.807, 2.05) is 0 Å². The number of carbonyl (C=O) groups excluding carboxylic acids is 1. The monoisotopic (exact) mass is 284 g/mol. The molecule has 0 aliphatic rings. The van der Waals surface area contributed by atoms with Crippen LogP contribution in [0.1, 0.15) is 37.6 Å². The van der Waals surface area contributed by atoms with Crippen molar-refractivity contribution >= 4 is 15.9 Å². The maximum atomic E-state index is 11.9. The Morgan fingerprint density at radius 3 is 2.47 bits per heavy atom. The van der Waals surface area contributed by atoms with E-state index >= 15 is 0 Å². The molecule has 1 aromatic rings. The van der Waals surface area contributed by atoms with Gasteiger partial charge in [-0.05, 0) is 30.0 Å². The van der Waals surface area contributed by atoms with Gasteiger partial charge in [-0.15, -0.1) is 0 Å². The van der Waals surface area contributed by atoms with Crippen molar-refractivity contribution in [3.63, 3.8) is 0 Å². The lowest BCUT2D eigenvalue weighted by Gasteiger charge is -2.18. The van der Waals surface area contributed by atoms with Crippen LogP contribution in [-0.2, 0) is 10.0 Å². The van der Waals surface area contributed by atoms with Crippen molar-refractivity contribution < 1.29 is 13.2 Å². The second-order valence-corrected chi connectivity index (χ2v) is 7.20. The molecule has 0 aromatic heterocycles. The van der Waals surface area contributed by atoms with Gasteiger partial charge in [-0.1, -0.05) is 26.8 Å². The molecule has 0 bridgehead atoms. The van der Waals surface area contributed by atoms with Crippen LogP contribution in [0.4, 0.5) is 0 Å². The first kappa shape index (κ1) is 15.7. The van der Waals surface area contributed by atoms with Crippen LogP contribution in [0.2, 0.25) is 0 Å². The highest BCUT2D eigenvalue weighted by Gasteiger charge is 2.13. The Labute approximate surface area is 114 Å². The van der Waals surface area contributed by atoms with Gasteiger partial charge in [0, 0.05) is 12.1 Å².